The second-order valence-electron chi connectivity index (χ2n) is 10.1. The smallest absolute Gasteiger partial charge is 0.354 e. The van der Waals surface area contributed by atoms with Gasteiger partial charge in [0.15, 0.2) is 0 Å². The lowest BCUT2D eigenvalue weighted by Crippen LogP contribution is -2.51. The van der Waals surface area contributed by atoms with Gasteiger partial charge in [-0.1, -0.05) is 71.9 Å². The molecule has 44 heavy (non-hydrogen) atoms. The molecular formula is C30H31Cl3F3N3O4S. The van der Waals surface area contributed by atoms with E-state index in [0.29, 0.717) is 33.9 Å². The topological polar surface area (TPSA) is 86.8 Å². The van der Waals surface area contributed by atoms with Gasteiger partial charge in [0.1, 0.15) is 12.6 Å². The van der Waals surface area contributed by atoms with Crippen LogP contribution in [0, 0.1) is 6.92 Å². The van der Waals surface area contributed by atoms with E-state index in [4.69, 9.17) is 34.8 Å². The number of rotatable bonds is 12. The van der Waals surface area contributed by atoms with Crippen molar-refractivity contribution in [1.82, 2.24) is 10.2 Å². The van der Waals surface area contributed by atoms with Crippen molar-refractivity contribution in [3.05, 3.63) is 92.4 Å². The van der Waals surface area contributed by atoms with E-state index >= 15 is 0 Å². The number of alkyl halides is 3. The Bertz CT molecular complexity index is 1600. The molecule has 3 rings (SSSR count). The number of nitrogens with zero attached hydrogens (tertiary/aromatic N) is 2. The number of halogens is 6. The Labute approximate surface area is 269 Å². The van der Waals surface area contributed by atoms with Gasteiger partial charge in [0, 0.05) is 23.1 Å². The number of sulfonamides is 1. The molecule has 14 heteroatoms. The third-order valence-corrected chi connectivity index (χ3v) is 9.49. The van der Waals surface area contributed by atoms with E-state index in [2.05, 4.69) is 5.32 Å². The fourth-order valence-corrected chi connectivity index (χ4v) is 6.30. The number of amides is 2. The van der Waals surface area contributed by atoms with Crippen LogP contribution in [0.25, 0.3) is 0 Å². The van der Waals surface area contributed by atoms with Crippen LogP contribution in [0.2, 0.25) is 15.1 Å². The van der Waals surface area contributed by atoms with Crippen LogP contribution in [0.3, 0.4) is 0 Å². The molecule has 3 aromatic carbocycles. The molecule has 2 amide bonds. The Kier molecular flexibility index (Phi) is 12.0. The standard InChI is InChI=1S/C30H31Cl3F3N3O4S/c1-4-5-14-37-29(41)20(3)38(17-21-8-9-22(31)15-27(21)33)28(40)18-39(44(42,43)24-11-6-19(2)7-12-24)23-10-13-26(32)25(16-23)30(34,35)36/h6-13,15-16,20H,4-5,14,17-18H2,1-3H3,(H,37,41). The molecule has 0 aromatic heterocycles. The number of hydrogen-bond donors (Lipinski definition) is 1. The van der Waals surface area contributed by atoms with E-state index in [-0.39, 0.29) is 16.5 Å². The van der Waals surface area contributed by atoms with Gasteiger partial charge in [-0.15, -0.1) is 0 Å². The quantitative estimate of drug-likeness (QED) is 0.199. The normalized spacial score (nSPS) is 12.5. The van der Waals surface area contributed by atoms with Gasteiger partial charge >= 0.3 is 6.18 Å². The van der Waals surface area contributed by atoms with E-state index in [1.807, 2.05) is 6.92 Å². The summed E-state index contributed by atoms with van der Waals surface area (Å²) in [6.07, 6.45) is -3.40. The van der Waals surface area contributed by atoms with Crippen molar-refractivity contribution in [3.63, 3.8) is 0 Å². The maximum absolute atomic E-state index is 14.0. The largest absolute Gasteiger partial charge is 0.417 e. The van der Waals surface area contributed by atoms with Crippen molar-refractivity contribution in [2.75, 3.05) is 17.4 Å². The minimum absolute atomic E-state index is 0.200. The van der Waals surface area contributed by atoms with Crippen molar-refractivity contribution in [2.45, 2.75) is 57.3 Å². The lowest BCUT2D eigenvalue weighted by atomic mass is 10.1. The van der Waals surface area contributed by atoms with Crippen molar-refractivity contribution >= 4 is 62.3 Å². The lowest BCUT2D eigenvalue weighted by Gasteiger charge is -2.32. The molecule has 1 atom stereocenters. The zero-order chi connectivity index (χ0) is 32.8. The Morgan fingerprint density at radius 1 is 0.955 bits per heavy atom. The average molecular weight is 693 g/mol. The fraction of sp³-hybridized carbons (Fsp3) is 0.333. The van der Waals surface area contributed by atoms with Gasteiger partial charge in [-0.05, 0) is 68.3 Å². The first-order valence-electron chi connectivity index (χ1n) is 13.5. The van der Waals surface area contributed by atoms with E-state index in [1.54, 1.807) is 13.0 Å². The SMILES string of the molecule is CCCCNC(=O)C(C)N(Cc1ccc(Cl)cc1Cl)C(=O)CN(c1ccc(Cl)c(C(F)(F)F)c1)S(=O)(=O)c1ccc(C)cc1. The van der Waals surface area contributed by atoms with Crippen LogP contribution >= 0.6 is 34.8 Å². The van der Waals surface area contributed by atoms with Crippen molar-refractivity contribution in [1.29, 1.82) is 0 Å². The number of hydrogen-bond acceptors (Lipinski definition) is 4. The van der Waals surface area contributed by atoms with Crippen LogP contribution in [0.4, 0.5) is 18.9 Å². The number of benzene rings is 3. The van der Waals surface area contributed by atoms with Crippen LogP contribution < -0.4 is 9.62 Å². The molecule has 0 saturated carbocycles. The molecule has 7 nitrogen and oxygen atoms in total. The maximum atomic E-state index is 14.0. The van der Waals surface area contributed by atoms with Crippen LogP contribution in [0.1, 0.15) is 43.4 Å². The van der Waals surface area contributed by atoms with Crippen LogP contribution in [-0.4, -0.2) is 44.3 Å². The second kappa shape index (κ2) is 14.9. The predicted octanol–water partition coefficient (Wildman–Crippen LogP) is 7.50. The van der Waals surface area contributed by atoms with Gasteiger partial charge < -0.3 is 10.2 Å². The first-order chi connectivity index (χ1) is 20.6. The Hall–Kier alpha value is -2.99. The summed E-state index contributed by atoms with van der Waals surface area (Å²) < 4.78 is 69.7. The Morgan fingerprint density at radius 2 is 1.61 bits per heavy atom. The first-order valence-corrected chi connectivity index (χ1v) is 16.1. The molecule has 0 aliphatic carbocycles. The molecule has 0 spiro atoms. The van der Waals surface area contributed by atoms with Gasteiger partial charge in [-0.3, -0.25) is 13.9 Å². The van der Waals surface area contributed by atoms with E-state index in [0.717, 1.165) is 29.0 Å². The van der Waals surface area contributed by atoms with Gasteiger partial charge in [-0.25, -0.2) is 8.42 Å². The second-order valence-corrected chi connectivity index (χ2v) is 13.2. The van der Waals surface area contributed by atoms with Crippen LogP contribution in [0.5, 0.6) is 0 Å². The molecule has 0 bridgehead atoms. The highest BCUT2D eigenvalue weighted by atomic mass is 35.5. The fourth-order valence-electron chi connectivity index (χ4n) is 4.20. The molecule has 0 heterocycles. The highest BCUT2D eigenvalue weighted by Crippen LogP contribution is 2.38. The summed E-state index contributed by atoms with van der Waals surface area (Å²) in [5.41, 5.74) is -0.565. The molecule has 238 valence electrons. The summed E-state index contributed by atoms with van der Waals surface area (Å²) >= 11 is 18.2. The highest BCUT2D eigenvalue weighted by molar-refractivity contribution is 7.92. The number of aryl methyl sites for hydroxylation is 1. The highest BCUT2D eigenvalue weighted by Gasteiger charge is 2.37. The molecule has 0 saturated heterocycles. The summed E-state index contributed by atoms with van der Waals surface area (Å²) in [6, 6.07) is 11.6. The number of carbonyl (C=O) groups excluding carboxylic acids is 2. The zero-order valence-electron chi connectivity index (χ0n) is 24.1. The monoisotopic (exact) mass is 691 g/mol. The van der Waals surface area contributed by atoms with Gasteiger partial charge in [0.2, 0.25) is 11.8 Å². The van der Waals surface area contributed by atoms with Gasteiger partial charge in [0.25, 0.3) is 10.0 Å². The molecule has 1 N–H and O–H groups in total. The molecule has 0 radical (unpaired) electrons. The Morgan fingerprint density at radius 3 is 2.20 bits per heavy atom. The molecule has 0 aliphatic rings. The van der Waals surface area contributed by atoms with E-state index < -0.39 is 56.9 Å². The molecule has 0 aliphatic heterocycles. The number of anilines is 1. The lowest BCUT2D eigenvalue weighted by molar-refractivity contribution is -0.139. The third kappa shape index (κ3) is 8.80. The number of carbonyl (C=O) groups is 2. The van der Waals surface area contributed by atoms with E-state index in [1.165, 1.54) is 43.3 Å². The molecule has 0 fully saturated rings. The molecular weight excluding hydrogens is 662 g/mol. The van der Waals surface area contributed by atoms with E-state index in [9.17, 15) is 31.2 Å². The number of unbranched alkanes of at least 4 members (excludes halogenated alkanes) is 1. The van der Waals surface area contributed by atoms with Crippen molar-refractivity contribution in [2.24, 2.45) is 0 Å². The molecule has 3 aromatic rings. The van der Waals surface area contributed by atoms with Gasteiger partial charge in [0.05, 0.1) is 21.2 Å². The van der Waals surface area contributed by atoms with Crippen molar-refractivity contribution in [3.8, 4) is 0 Å². The number of nitrogens with one attached hydrogen (secondary N) is 1. The summed E-state index contributed by atoms with van der Waals surface area (Å²) in [5.74, 6) is -1.37. The third-order valence-electron chi connectivity index (χ3n) is 6.78. The maximum Gasteiger partial charge on any atom is 0.417 e. The summed E-state index contributed by atoms with van der Waals surface area (Å²) in [5, 5.41) is 2.64. The Balaban J connectivity index is 2.12. The minimum Gasteiger partial charge on any atom is -0.354 e. The van der Waals surface area contributed by atoms with Crippen molar-refractivity contribution < 1.29 is 31.2 Å². The van der Waals surface area contributed by atoms with Gasteiger partial charge in [-0.2, -0.15) is 13.2 Å². The summed E-state index contributed by atoms with van der Waals surface area (Å²) in [7, 11) is -4.59. The summed E-state index contributed by atoms with van der Waals surface area (Å²) in [4.78, 5) is 27.9. The molecule has 1 unspecified atom stereocenters. The average Bonchev–Trinajstić information content (AvgIpc) is 2.95. The minimum atomic E-state index is -4.90. The van der Waals surface area contributed by atoms with Crippen LogP contribution in [-0.2, 0) is 32.3 Å². The predicted molar refractivity (Wildman–Crippen MR) is 167 cm³/mol. The zero-order valence-corrected chi connectivity index (χ0v) is 27.2. The van der Waals surface area contributed by atoms with Crippen LogP contribution in [0.15, 0.2) is 65.6 Å². The summed E-state index contributed by atoms with van der Waals surface area (Å²) in [6.45, 7) is 4.34. The first kappa shape index (κ1) is 35.5.